The maximum absolute atomic E-state index is 12.4. The molecular weight excluding hydrogens is 618 g/mol. The molecule has 0 atom stereocenters. The van der Waals surface area contributed by atoms with E-state index in [0.29, 0.717) is 32.8 Å². The van der Waals surface area contributed by atoms with Gasteiger partial charge in [0.1, 0.15) is 6.10 Å². The first-order chi connectivity index (χ1) is 24.6. The molecule has 0 aromatic carbocycles. The van der Waals surface area contributed by atoms with E-state index in [2.05, 4.69) is 91.7 Å². The van der Waals surface area contributed by atoms with Crippen molar-refractivity contribution in [1.29, 1.82) is 0 Å². The Labute approximate surface area is 310 Å². The largest absolute Gasteiger partial charge is 0.457 e. The molecule has 50 heavy (non-hydrogen) atoms. The lowest BCUT2D eigenvalue weighted by atomic mass is 10.1. The Morgan fingerprint density at radius 3 is 1.30 bits per heavy atom. The molecule has 0 rings (SSSR count). The smallest absolute Gasteiger partial charge is 0.306 e. The normalized spacial score (nSPS) is 12.7. The summed E-state index contributed by atoms with van der Waals surface area (Å²) in [6.45, 7) is 7.47. The van der Waals surface area contributed by atoms with Gasteiger partial charge in [-0.3, -0.25) is 4.79 Å². The van der Waals surface area contributed by atoms with Crippen molar-refractivity contribution in [2.45, 2.75) is 161 Å². The van der Waals surface area contributed by atoms with E-state index in [4.69, 9.17) is 14.2 Å². The molecule has 0 aliphatic carbocycles. The first kappa shape index (κ1) is 47.8. The molecule has 0 fully saturated rings. The van der Waals surface area contributed by atoms with Gasteiger partial charge in [-0.1, -0.05) is 138 Å². The summed E-state index contributed by atoms with van der Waals surface area (Å²) in [7, 11) is 4.05. The second kappa shape index (κ2) is 41.2. The number of esters is 1. The highest BCUT2D eigenvalue weighted by atomic mass is 16.6. The minimum absolute atomic E-state index is 0.152. The van der Waals surface area contributed by atoms with Crippen LogP contribution in [0.2, 0.25) is 0 Å². The van der Waals surface area contributed by atoms with Crippen LogP contribution in [0, 0.1) is 0 Å². The van der Waals surface area contributed by atoms with Crippen molar-refractivity contribution in [2.24, 2.45) is 0 Å². The van der Waals surface area contributed by atoms with E-state index < -0.39 is 0 Å². The first-order valence-electron chi connectivity index (χ1n) is 20.5. The number of ether oxygens (including phenoxy) is 3. The van der Waals surface area contributed by atoms with Crippen LogP contribution in [0.3, 0.4) is 0 Å². The molecule has 0 radical (unpaired) electrons. The van der Waals surface area contributed by atoms with Gasteiger partial charge in [0.2, 0.25) is 0 Å². The van der Waals surface area contributed by atoms with Gasteiger partial charge in [0.15, 0.2) is 0 Å². The Kier molecular flexibility index (Phi) is 39.4. The fourth-order valence-corrected chi connectivity index (χ4v) is 5.33. The van der Waals surface area contributed by atoms with Crippen molar-refractivity contribution in [2.75, 3.05) is 47.1 Å². The molecule has 0 amide bonds. The van der Waals surface area contributed by atoms with Gasteiger partial charge < -0.3 is 19.1 Å². The van der Waals surface area contributed by atoms with Gasteiger partial charge in [0.25, 0.3) is 0 Å². The van der Waals surface area contributed by atoms with Crippen LogP contribution in [-0.2, 0) is 19.0 Å². The van der Waals surface area contributed by atoms with E-state index in [1.807, 2.05) is 14.1 Å². The van der Waals surface area contributed by atoms with Crippen molar-refractivity contribution in [1.82, 2.24) is 4.90 Å². The standard InChI is InChI=1S/C45H79NO4/c1-5-7-9-11-13-15-17-19-21-23-25-27-29-31-33-35-40-48-42-44(50-45(47)38-37-39-46(3)4)43-49-41-36-34-32-30-28-26-24-22-20-18-16-14-12-10-8-6-2/h7-10,13-16,19-22,44H,5-6,11-12,17-18,23-43H2,1-4H3/b9-7-,10-8-,15-13-,16-14-,21-19-,22-20-. The fourth-order valence-electron chi connectivity index (χ4n) is 5.33. The SMILES string of the molecule is CC/C=C\C/C=C\C/C=C\CCCCCCCCOCC(COCCCCCCCC/C=C\C/C=C\C/C=C\CC)OC(=O)CCCN(C)C. The summed E-state index contributed by atoms with van der Waals surface area (Å²) in [4.78, 5) is 14.5. The van der Waals surface area contributed by atoms with Gasteiger partial charge >= 0.3 is 5.97 Å². The second-order valence-electron chi connectivity index (χ2n) is 13.6. The third-order valence-electron chi connectivity index (χ3n) is 8.27. The van der Waals surface area contributed by atoms with Gasteiger partial charge in [-0.25, -0.2) is 0 Å². The Bertz CT molecular complexity index is 828. The van der Waals surface area contributed by atoms with E-state index in [9.17, 15) is 4.79 Å². The predicted octanol–water partition coefficient (Wildman–Crippen LogP) is 12.5. The fraction of sp³-hybridized carbons (Fsp3) is 0.711. The van der Waals surface area contributed by atoms with Crippen molar-refractivity contribution < 1.29 is 19.0 Å². The number of carbonyl (C=O) groups excluding carboxylic acids is 1. The number of nitrogens with zero attached hydrogens (tertiary/aromatic N) is 1. The van der Waals surface area contributed by atoms with Crippen molar-refractivity contribution in [3.05, 3.63) is 72.9 Å². The van der Waals surface area contributed by atoms with E-state index in [1.165, 1.54) is 77.0 Å². The topological polar surface area (TPSA) is 48.0 Å². The minimum Gasteiger partial charge on any atom is -0.457 e. The number of carbonyl (C=O) groups is 1. The molecule has 288 valence electrons. The lowest BCUT2D eigenvalue weighted by Crippen LogP contribution is -2.29. The zero-order chi connectivity index (χ0) is 36.4. The molecule has 0 bridgehead atoms. The Morgan fingerprint density at radius 1 is 0.500 bits per heavy atom. The first-order valence-corrected chi connectivity index (χ1v) is 20.5. The van der Waals surface area contributed by atoms with E-state index in [1.54, 1.807) is 0 Å². The van der Waals surface area contributed by atoms with Crippen LogP contribution in [0.4, 0.5) is 0 Å². The summed E-state index contributed by atoms with van der Waals surface area (Å²) < 4.78 is 17.7. The molecule has 5 heteroatoms. The summed E-state index contributed by atoms with van der Waals surface area (Å²) in [5, 5.41) is 0. The maximum atomic E-state index is 12.4. The Hall–Kier alpha value is -2.21. The van der Waals surface area contributed by atoms with E-state index >= 15 is 0 Å². The number of allylic oxidation sites excluding steroid dienone is 12. The summed E-state index contributed by atoms with van der Waals surface area (Å²) in [5.74, 6) is -0.152. The van der Waals surface area contributed by atoms with Crippen LogP contribution < -0.4 is 0 Å². The van der Waals surface area contributed by atoms with Gasteiger partial charge in [-0.15, -0.1) is 0 Å². The van der Waals surface area contributed by atoms with E-state index in [-0.39, 0.29) is 12.1 Å². The van der Waals surface area contributed by atoms with Crippen LogP contribution in [0.1, 0.15) is 155 Å². The predicted molar refractivity (Wildman–Crippen MR) is 218 cm³/mol. The van der Waals surface area contributed by atoms with Crippen LogP contribution in [-0.4, -0.2) is 64.0 Å². The summed E-state index contributed by atoms with van der Waals surface area (Å²) in [6, 6.07) is 0. The zero-order valence-electron chi connectivity index (χ0n) is 33.2. The molecule has 0 aromatic rings. The van der Waals surface area contributed by atoms with Crippen LogP contribution in [0.15, 0.2) is 72.9 Å². The summed E-state index contributed by atoms with van der Waals surface area (Å²) in [6.07, 6.45) is 51.4. The number of unbranched alkanes of at least 4 members (excludes halogenated alkanes) is 12. The number of hydrogen-bond acceptors (Lipinski definition) is 5. The molecule has 0 saturated heterocycles. The highest BCUT2D eigenvalue weighted by molar-refractivity contribution is 5.69. The quantitative estimate of drug-likeness (QED) is 0.0367. The molecule has 0 aliphatic rings. The highest BCUT2D eigenvalue weighted by Crippen LogP contribution is 2.10. The molecular formula is C45H79NO4. The van der Waals surface area contributed by atoms with Crippen molar-refractivity contribution in [3.63, 3.8) is 0 Å². The van der Waals surface area contributed by atoms with Crippen molar-refractivity contribution in [3.8, 4) is 0 Å². The van der Waals surface area contributed by atoms with Gasteiger partial charge in [-0.05, 0) is 104 Å². The number of rotatable bonds is 37. The molecule has 0 unspecified atom stereocenters. The zero-order valence-corrected chi connectivity index (χ0v) is 33.2. The molecule has 0 aliphatic heterocycles. The van der Waals surface area contributed by atoms with Crippen LogP contribution >= 0.6 is 0 Å². The molecule has 0 heterocycles. The van der Waals surface area contributed by atoms with Crippen LogP contribution in [0.25, 0.3) is 0 Å². The summed E-state index contributed by atoms with van der Waals surface area (Å²) >= 11 is 0. The number of hydrogen-bond donors (Lipinski definition) is 0. The molecule has 5 nitrogen and oxygen atoms in total. The van der Waals surface area contributed by atoms with Gasteiger partial charge in [0, 0.05) is 19.6 Å². The highest BCUT2D eigenvalue weighted by Gasteiger charge is 2.15. The van der Waals surface area contributed by atoms with Gasteiger partial charge in [0.05, 0.1) is 13.2 Å². The average Bonchev–Trinajstić information content (AvgIpc) is 3.10. The minimum atomic E-state index is -0.329. The molecule has 0 saturated carbocycles. The Balaban J connectivity index is 3.97. The van der Waals surface area contributed by atoms with Gasteiger partial charge in [-0.2, -0.15) is 0 Å². The second-order valence-corrected chi connectivity index (χ2v) is 13.6. The summed E-state index contributed by atoms with van der Waals surface area (Å²) in [5.41, 5.74) is 0. The third kappa shape index (κ3) is 40.2. The molecule has 0 spiro atoms. The lowest BCUT2D eigenvalue weighted by molar-refractivity contribution is -0.156. The van der Waals surface area contributed by atoms with Crippen LogP contribution in [0.5, 0.6) is 0 Å². The maximum Gasteiger partial charge on any atom is 0.306 e. The monoisotopic (exact) mass is 698 g/mol. The lowest BCUT2D eigenvalue weighted by Gasteiger charge is -2.19. The Morgan fingerprint density at radius 2 is 0.880 bits per heavy atom. The van der Waals surface area contributed by atoms with E-state index in [0.717, 1.165) is 64.3 Å². The third-order valence-corrected chi connectivity index (χ3v) is 8.27. The molecule has 0 N–H and O–H groups in total. The average molecular weight is 698 g/mol. The molecule has 0 aromatic heterocycles. The van der Waals surface area contributed by atoms with Crippen molar-refractivity contribution >= 4 is 5.97 Å².